The maximum atomic E-state index is 12.6. The van der Waals surface area contributed by atoms with Gasteiger partial charge in [0.2, 0.25) is 15.9 Å². The molecule has 2 aliphatic rings. The van der Waals surface area contributed by atoms with E-state index in [9.17, 15) is 13.2 Å². The highest BCUT2D eigenvalue weighted by Crippen LogP contribution is 2.18. The quantitative estimate of drug-likeness (QED) is 0.782. The van der Waals surface area contributed by atoms with Crippen LogP contribution in [0, 0.1) is 0 Å². The molecule has 1 aromatic rings. The predicted octanol–water partition coefficient (Wildman–Crippen LogP) is -0.187. The molecular weight excluding hydrogens is 340 g/mol. The zero-order chi connectivity index (χ0) is 17.9. The highest BCUT2D eigenvalue weighted by Gasteiger charge is 2.32. The predicted molar refractivity (Wildman–Crippen MR) is 95.7 cm³/mol. The van der Waals surface area contributed by atoms with Gasteiger partial charge in [0, 0.05) is 52.4 Å². The van der Waals surface area contributed by atoms with E-state index >= 15 is 0 Å². The number of benzene rings is 1. The molecule has 0 aromatic heterocycles. The first-order valence-electron chi connectivity index (χ1n) is 8.72. The van der Waals surface area contributed by atoms with E-state index in [-0.39, 0.29) is 17.3 Å². The summed E-state index contributed by atoms with van der Waals surface area (Å²) in [6.45, 7) is 5.27. The molecule has 1 N–H and O–H groups in total. The van der Waals surface area contributed by atoms with Crippen molar-refractivity contribution >= 4 is 15.9 Å². The molecule has 2 fully saturated rings. The highest BCUT2D eigenvalue weighted by atomic mass is 32.2. The molecule has 7 nitrogen and oxygen atoms in total. The first-order valence-corrected chi connectivity index (χ1v) is 10.2. The molecule has 0 bridgehead atoms. The van der Waals surface area contributed by atoms with Gasteiger partial charge >= 0.3 is 0 Å². The Kier molecular flexibility index (Phi) is 5.73. The van der Waals surface area contributed by atoms with Gasteiger partial charge in [0.1, 0.15) is 0 Å². The summed E-state index contributed by atoms with van der Waals surface area (Å²) in [6.07, 6.45) is 0.959. The first kappa shape index (κ1) is 18.3. The third-order valence-corrected chi connectivity index (χ3v) is 6.81. The van der Waals surface area contributed by atoms with Crippen LogP contribution in [0.2, 0.25) is 0 Å². The Morgan fingerprint density at radius 2 is 1.88 bits per heavy atom. The summed E-state index contributed by atoms with van der Waals surface area (Å²) in [7, 11) is -2.17. The number of likely N-dealkylation sites (tertiary alicyclic amines) is 1. The van der Waals surface area contributed by atoms with Crippen molar-refractivity contribution in [3.05, 3.63) is 30.3 Å². The fourth-order valence-electron chi connectivity index (χ4n) is 3.46. The van der Waals surface area contributed by atoms with Gasteiger partial charge < -0.3 is 10.2 Å². The monoisotopic (exact) mass is 366 g/mol. The smallest absolute Gasteiger partial charge is 0.243 e. The van der Waals surface area contributed by atoms with Crippen molar-refractivity contribution in [1.29, 1.82) is 0 Å². The molecule has 1 aromatic carbocycles. The van der Waals surface area contributed by atoms with Gasteiger partial charge in [0.05, 0.1) is 11.4 Å². The van der Waals surface area contributed by atoms with Crippen LogP contribution in [-0.2, 0) is 14.8 Å². The van der Waals surface area contributed by atoms with Crippen molar-refractivity contribution in [3.8, 4) is 0 Å². The van der Waals surface area contributed by atoms with Crippen LogP contribution in [0.1, 0.15) is 6.42 Å². The summed E-state index contributed by atoms with van der Waals surface area (Å²) in [5, 5.41) is 3.33. The van der Waals surface area contributed by atoms with Crippen molar-refractivity contribution in [2.75, 3.05) is 52.9 Å². The maximum absolute atomic E-state index is 12.6. The molecule has 0 spiro atoms. The van der Waals surface area contributed by atoms with Crippen molar-refractivity contribution in [3.63, 3.8) is 0 Å². The molecule has 0 saturated carbocycles. The van der Waals surface area contributed by atoms with Gasteiger partial charge in [0.15, 0.2) is 0 Å². The molecule has 2 saturated heterocycles. The second-order valence-corrected chi connectivity index (χ2v) is 8.69. The molecule has 1 unspecified atom stereocenters. The lowest BCUT2D eigenvalue weighted by Crippen LogP contribution is -2.49. The average Bonchev–Trinajstić information content (AvgIpc) is 3.13. The standard InChI is InChI=1S/C17H26N4O3S/c1-19(25(23,24)16-5-3-2-4-6-16)14-17(22)21-10-7-15(13-21)20-11-8-18-9-12-20/h2-6,15,18H,7-14H2,1H3. The second kappa shape index (κ2) is 7.82. The van der Waals surface area contributed by atoms with Gasteiger partial charge in [0.25, 0.3) is 0 Å². The van der Waals surface area contributed by atoms with Crippen LogP contribution >= 0.6 is 0 Å². The molecular formula is C17H26N4O3S. The van der Waals surface area contributed by atoms with E-state index in [0.717, 1.165) is 36.9 Å². The number of hydrogen-bond acceptors (Lipinski definition) is 5. The van der Waals surface area contributed by atoms with Crippen LogP contribution < -0.4 is 5.32 Å². The minimum Gasteiger partial charge on any atom is -0.340 e. The summed E-state index contributed by atoms with van der Waals surface area (Å²) in [6, 6.07) is 8.62. The lowest BCUT2D eigenvalue weighted by molar-refractivity contribution is -0.130. The van der Waals surface area contributed by atoms with E-state index in [1.54, 1.807) is 35.2 Å². The largest absolute Gasteiger partial charge is 0.340 e. The third kappa shape index (κ3) is 4.20. The van der Waals surface area contributed by atoms with Crippen LogP contribution in [0.3, 0.4) is 0 Å². The number of sulfonamides is 1. The van der Waals surface area contributed by atoms with Gasteiger partial charge in [-0.2, -0.15) is 4.31 Å². The average molecular weight is 366 g/mol. The molecule has 25 heavy (non-hydrogen) atoms. The molecule has 0 aliphatic carbocycles. The SMILES string of the molecule is CN(CC(=O)N1CCC(N2CCNCC2)C1)S(=O)(=O)c1ccccc1. The molecule has 2 heterocycles. The Bertz CT molecular complexity index is 689. The highest BCUT2D eigenvalue weighted by molar-refractivity contribution is 7.89. The van der Waals surface area contributed by atoms with E-state index in [0.29, 0.717) is 19.1 Å². The van der Waals surface area contributed by atoms with Crippen molar-refractivity contribution in [2.24, 2.45) is 0 Å². The number of rotatable bonds is 5. The van der Waals surface area contributed by atoms with E-state index < -0.39 is 10.0 Å². The molecule has 2 aliphatic heterocycles. The maximum Gasteiger partial charge on any atom is 0.243 e. The summed E-state index contributed by atoms with van der Waals surface area (Å²) in [5.41, 5.74) is 0. The van der Waals surface area contributed by atoms with Gasteiger partial charge in [-0.25, -0.2) is 8.42 Å². The molecule has 1 atom stereocenters. The van der Waals surface area contributed by atoms with E-state index in [1.165, 1.54) is 7.05 Å². The summed E-state index contributed by atoms with van der Waals surface area (Å²) in [5.74, 6) is -0.125. The van der Waals surface area contributed by atoms with Crippen LogP contribution in [0.15, 0.2) is 35.2 Å². The fraction of sp³-hybridized carbons (Fsp3) is 0.588. The van der Waals surface area contributed by atoms with Gasteiger partial charge in [-0.05, 0) is 18.6 Å². The number of likely N-dealkylation sites (N-methyl/N-ethyl adjacent to an activating group) is 1. The lowest BCUT2D eigenvalue weighted by Gasteiger charge is -2.32. The number of nitrogens with one attached hydrogen (secondary N) is 1. The first-order chi connectivity index (χ1) is 12.0. The normalized spacial score (nSPS) is 22.5. The number of hydrogen-bond donors (Lipinski definition) is 1. The summed E-state index contributed by atoms with van der Waals surface area (Å²) >= 11 is 0. The van der Waals surface area contributed by atoms with Gasteiger partial charge in [-0.15, -0.1) is 0 Å². The van der Waals surface area contributed by atoms with E-state index in [4.69, 9.17) is 0 Å². The zero-order valence-electron chi connectivity index (χ0n) is 14.6. The van der Waals surface area contributed by atoms with Crippen LogP contribution in [-0.4, -0.2) is 87.3 Å². The van der Waals surface area contributed by atoms with Gasteiger partial charge in [-0.1, -0.05) is 18.2 Å². The topological polar surface area (TPSA) is 73.0 Å². The van der Waals surface area contributed by atoms with Crippen molar-refractivity contribution in [1.82, 2.24) is 19.4 Å². The number of nitrogens with zero attached hydrogens (tertiary/aromatic N) is 3. The Balaban J connectivity index is 1.57. The molecule has 8 heteroatoms. The van der Waals surface area contributed by atoms with Gasteiger partial charge in [-0.3, -0.25) is 9.69 Å². The minimum absolute atomic E-state index is 0.120. The van der Waals surface area contributed by atoms with Crippen LogP contribution in [0.4, 0.5) is 0 Å². The number of carbonyl (C=O) groups is 1. The lowest BCUT2D eigenvalue weighted by atomic mass is 10.2. The Morgan fingerprint density at radius 3 is 2.56 bits per heavy atom. The summed E-state index contributed by atoms with van der Waals surface area (Å²) < 4.78 is 26.2. The molecule has 0 radical (unpaired) electrons. The fourth-order valence-corrected chi connectivity index (χ4v) is 4.60. The minimum atomic E-state index is -3.63. The van der Waals surface area contributed by atoms with E-state index in [1.807, 2.05) is 0 Å². The Morgan fingerprint density at radius 1 is 1.20 bits per heavy atom. The Hall–Kier alpha value is -1.48. The Labute approximate surface area is 149 Å². The number of amides is 1. The van der Waals surface area contributed by atoms with E-state index in [2.05, 4.69) is 10.2 Å². The zero-order valence-corrected chi connectivity index (χ0v) is 15.4. The molecule has 3 rings (SSSR count). The second-order valence-electron chi connectivity index (χ2n) is 6.64. The molecule has 138 valence electrons. The van der Waals surface area contributed by atoms with Crippen molar-refractivity contribution in [2.45, 2.75) is 17.4 Å². The van der Waals surface area contributed by atoms with Crippen LogP contribution in [0.25, 0.3) is 0 Å². The number of piperazine rings is 1. The summed E-state index contributed by atoms with van der Waals surface area (Å²) in [4.78, 5) is 17.0. The van der Waals surface area contributed by atoms with Crippen molar-refractivity contribution < 1.29 is 13.2 Å². The molecule has 1 amide bonds. The van der Waals surface area contributed by atoms with Crippen LogP contribution in [0.5, 0.6) is 0 Å². The third-order valence-electron chi connectivity index (χ3n) is 4.99. The number of carbonyl (C=O) groups excluding carboxylic acids is 1.